The Kier molecular flexibility index (Phi) is 4.53. The fourth-order valence-corrected chi connectivity index (χ4v) is 3.04. The van der Waals surface area contributed by atoms with E-state index >= 15 is 0 Å². The molecule has 0 radical (unpaired) electrons. The van der Waals surface area contributed by atoms with E-state index in [0.29, 0.717) is 6.42 Å². The third-order valence-corrected chi connectivity index (χ3v) is 4.01. The van der Waals surface area contributed by atoms with Crippen LogP contribution in [-0.4, -0.2) is 12.1 Å². The monoisotopic (exact) mass is 272 g/mol. The van der Waals surface area contributed by atoms with Crippen LogP contribution in [0, 0.1) is 11.3 Å². The second kappa shape index (κ2) is 6.35. The van der Waals surface area contributed by atoms with Crippen LogP contribution in [0.4, 0.5) is 0 Å². The lowest BCUT2D eigenvalue weighted by molar-refractivity contribution is 0.414. The van der Waals surface area contributed by atoms with Crippen molar-refractivity contribution < 1.29 is 4.74 Å². The number of aryl methyl sites for hydroxylation is 1. The number of aromatic nitrogens is 1. The summed E-state index contributed by atoms with van der Waals surface area (Å²) in [5, 5.41) is 9.89. The summed E-state index contributed by atoms with van der Waals surface area (Å²) in [6, 6.07) is 10.2. The van der Waals surface area contributed by atoms with Crippen LogP contribution in [0.5, 0.6) is 5.75 Å². The maximum absolute atomic E-state index is 8.81. The second-order valence-corrected chi connectivity index (χ2v) is 5.36. The fourth-order valence-electron chi connectivity index (χ4n) is 1.92. The zero-order chi connectivity index (χ0) is 13.7. The summed E-state index contributed by atoms with van der Waals surface area (Å²) in [6.45, 7) is 2.08. The normalized spacial score (nSPS) is 10.2. The average Bonchev–Trinajstić information content (AvgIpc) is 2.82. The first kappa shape index (κ1) is 13.6. The highest BCUT2D eigenvalue weighted by molar-refractivity contribution is 7.11. The molecular weight excluding hydrogens is 256 g/mol. The van der Waals surface area contributed by atoms with Gasteiger partial charge in [-0.2, -0.15) is 5.26 Å². The summed E-state index contributed by atoms with van der Waals surface area (Å²) < 4.78 is 5.14. The summed E-state index contributed by atoms with van der Waals surface area (Å²) in [7, 11) is 1.66. The van der Waals surface area contributed by atoms with Gasteiger partial charge in [0.1, 0.15) is 5.75 Å². The summed E-state index contributed by atoms with van der Waals surface area (Å²) in [6.07, 6.45) is 2.16. The van der Waals surface area contributed by atoms with Crippen LogP contribution in [-0.2, 0) is 19.3 Å². The molecule has 0 spiro atoms. The molecule has 19 heavy (non-hydrogen) atoms. The van der Waals surface area contributed by atoms with Gasteiger partial charge in [0.15, 0.2) is 0 Å². The number of nitrogens with zero attached hydrogens (tertiary/aromatic N) is 2. The van der Waals surface area contributed by atoms with Crippen LogP contribution >= 0.6 is 11.3 Å². The fraction of sp³-hybridized carbons (Fsp3) is 0.333. The number of ether oxygens (including phenoxy) is 1. The molecule has 1 aromatic heterocycles. The molecular formula is C15H16N2OS. The molecule has 0 fully saturated rings. The van der Waals surface area contributed by atoms with Gasteiger partial charge in [0.25, 0.3) is 0 Å². The van der Waals surface area contributed by atoms with Crippen LogP contribution < -0.4 is 4.74 Å². The van der Waals surface area contributed by atoms with Crippen molar-refractivity contribution in [3.63, 3.8) is 0 Å². The highest BCUT2D eigenvalue weighted by Crippen LogP contribution is 2.23. The molecule has 0 aliphatic carbocycles. The standard InChI is InChI=1S/C15H16N2OS/c1-3-13-14(8-9-16)19-15(17-13)10-11-4-6-12(18-2)7-5-11/h4-7H,3,8,10H2,1-2H3. The molecule has 0 aliphatic heterocycles. The summed E-state index contributed by atoms with van der Waals surface area (Å²) in [5.74, 6) is 0.863. The topological polar surface area (TPSA) is 45.9 Å². The summed E-state index contributed by atoms with van der Waals surface area (Å²) in [5.41, 5.74) is 2.27. The Bertz CT molecular complexity index is 581. The first-order valence-corrected chi connectivity index (χ1v) is 7.05. The minimum Gasteiger partial charge on any atom is -0.497 e. The van der Waals surface area contributed by atoms with Gasteiger partial charge in [-0.3, -0.25) is 0 Å². The molecule has 0 saturated carbocycles. The zero-order valence-electron chi connectivity index (χ0n) is 11.1. The Morgan fingerprint density at radius 1 is 1.32 bits per heavy atom. The molecule has 0 unspecified atom stereocenters. The smallest absolute Gasteiger partial charge is 0.118 e. The molecule has 0 N–H and O–H groups in total. The Morgan fingerprint density at radius 2 is 2.05 bits per heavy atom. The number of hydrogen-bond acceptors (Lipinski definition) is 4. The Hall–Kier alpha value is -1.86. The van der Waals surface area contributed by atoms with Gasteiger partial charge in [-0.1, -0.05) is 19.1 Å². The summed E-state index contributed by atoms with van der Waals surface area (Å²) in [4.78, 5) is 5.73. The van der Waals surface area contributed by atoms with Crippen molar-refractivity contribution in [2.24, 2.45) is 0 Å². The molecule has 2 aromatic rings. The zero-order valence-corrected chi connectivity index (χ0v) is 12.0. The third kappa shape index (κ3) is 3.33. The van der Waals surface area contributed by atoms with Crippen molar-refractivity contribution in [3.8, 4) is 11.8 Å². The first-order chi connectivity index (χ1) is 9.26. The quantitative estimate of drug-likeness (QED) is 0.838. The van der Waals surface area contributed by atoms with Crippen molar-refractivity contribution in [1.82, 2.24) is 4.98 Å². The molecule has 1 aromatic carbocycles. The Balaban J connectivity index is 2.16. The second-order valence-electron chi connectivity index (χ2n) is 4.19. The number of nitriles is 1. The van der Waals surface area contributed by atoms with Gasteiger partial charge in [-0.25, -0.2) is 4.98 Å². The molecule has 2 rings (SSSR count). The van der Waals surface area contributed by atoms with Crippen molar-refractivity contribution in [2.75, 3.05) is 7.11 Å². The van der Waals surface area contributed by atoms with Gasteiger partial charge in [-0.05, 0) is 24.1 Å². The van der Waals surface area contributed by atoms with Crippen LogP contribution in [0.25, 0.3) is 0 Å². The van der Waals surface area contributed by atoms with E-state index in [-0.39, 0.29) is 0 Å². The van der Waals surface area contributed by atoms with Gasteiger partial charge in [0.05, 0.1) is 30.3 Å². The van der Waals surface area contributed by atoms with Crippen molar-refractivity contribution in [3.05, 3.63) is 45.4 Å². The van der Waals surface area contributed by atoms with E-state index in [2.05, 4.69) is 30.1 Å². The molecule has 4 heteroatoms. The highest BCUT2D eigenvalue weighted by atomic mass is 32.1. The number of benzene rings is 1. The molecule has 3 nitrogen and oxygen atoms in total. The minimum atomic E-state index is 0.462. The predicted molar refractivity (Wildman–Crippen MR) is 76.6 cm³/mol. The van der Waals surface area contributed by atoms with Gasteiger partial charge in [-0.15, -0.1) is 11.3 Å². The lowest BCUT2D eigenvalue weighted by Gasteiger charge is -2.01. The van der Waals surface area contributed by atoms with E-state index in [1.54, 1.807) is 18.4 Å². The van der Waals surface area contributed by atoms with Crippen LogP contribution in [0.3, 0.4) is 0 Å². The predicted octanol–water partition coefficient (Wildman–Crippen LogP) is 3.37. The van der Waals surface area contributed by atoms with Crippen molar-refractivity contribution in [2.45, 2.75) is 26.2 Å². The molecule has 98 valence electrons. The lowest BCUT2D eigenvalue weighted by atomic mass is 10.1. The van der Waals surface area contributed by atoms with E-state index < -0.39 is 0 Å². The molecule has 0 saturated heterocycles. The molecule has 0 bridgehead atoms. The van der Waals surface area contributed by atoms with E-state index in [0.717, 1.165) is 34.2 Å². The van der Waals surface area contributed by atoms with E-state index in [4.69, 9.17) is 10.00 Å². The largest absolute Gasteiger partial charge is 0.497 e. The van der Waals surface area contributed by atoms with Gasteiger partial charge < -0.3 is 4.74 Å². The van der Waals surface area contributed by atoms with E-state index in [1.807, 2.05) is 12.1 Å². The molecule has 0 atom stereocenters. The summed E-state index contributed by atoms with van der Waals surface area (Å²) >= 11 is 1.65. The van der Waals surface area contributed by atoms with E-state index in [9.17, 15) is 0 Å². The molecule has 1 heterocycles. The Labute approximate surface area is 117 Å². The third-order valence-electron chi connectivity index (χ3n) is 2.91. The van der Waals surface area contributed by atoms with Gasteiger partial charge >= 0.3 is 0 Å². The number of thiazole rings is 1. The lowest BCUT2D eigenvalue weighted by Crippen LogP contribution is -1.90. The maximum Gasteiger partial charge on any atom is 0.118 e. The molecule has 0 aliphatic rings. The molecule has 0 amide bonds. The van der Waals surface area contributed by atoms with Crippen LogP contribution in [0.2, 0.25) is 0 Å². The van der Waals surface area contributed by atoms with Crippen LogP contribution in [0.1, 0.15) is 28.1 Å². The average molecular weight is 272 g/mol. The van der Waals surface area contributed by atoms with Gasteiger partial charge in [0.2, 0.25) is 0 Å². The van der Waals surface area contributed by atoms with Crippen LogP contribution in [0.15, 0.2) is 24.3 Å². The van der Waals surface area contributed by atoms with Crippen molar-refractivity contribution >= 4 is 11.3 Å². The van der Waals surface area contributed by atoms with E-state index in [1.165, 1.54) is 5.56 Å². The maximum atomic E-state index is 8.81. The van der Waals surface area contributed by atoms with Crippen molar-refractivity contribution in [1.29, 1.82) is 5.26 Å². The number of hydrogen-bond donors (Lipinski definition) is 0. The SMILES string of the molecule is CCc1nc(Cc2ccc(OC)cc2)sc1CC#N. The Morgan fingerprint density at radius 3 is 2.63 bits per heavy atom. The van der Waals surface area contributed by atoms with Gasteiger partial charge in [0, 0.05) is 11.3 Å². The number of methoxy groups -OCH3 is 1. The first-order valence-electron chi connectivity index (χ1n) is 6.24. The number of rotatable bonds is 5. The highest BCUT2D eigenvalue weighted by Gasteiger charge is 2.09. The minimum absolute atomic E-state index is 0.462.